The first-order valence-corrected chi connectivity index (χ1v) is 15.6. The molecule has 2 aliphatic heterocycles. The van der Waals surface area contributed by atoms with Crippen molar-refractivity contribution in [1.29, 1.82) is 0 Å². The number of nitrogens with one attached hydrogen (secondary N) is 1. The molecule has 9 heteroatoms. The summed E-state index contributed by atoms with van der Waals surface area (Å²) >= 11 is 0. The van der Waals surface area contributed by atoms with Crippen LogP contribution in [-0.4, -0.2) is 86.8 Å². The second-order valence-electron chi connectivity index (χ2n) is 13.8. The topological polar surface area (TPSA) is 85.6 Å². The molecule has 43 heavy (non-hydrogen) atoms. The zero-order valence-electron chi connectivity index (χ0n) is 26.5. The van der Waals surface area contributed by atoms with E-state index in [0.29, 0.717) is 17.7 Å². The molecule has 2 fully saturated rings. The number of piperidine rings is 1. The average Bonchev–Trinajstić information content (AvgIpc) is 3.38. The number of hydrogen-bond acceptors (Lipinski definition) is 8. The number of aromatic nitrogens is 4. The molecule has 0 atom stereocenters. The molecule has 228 valence electrons. The van der Waals surface area contributed by atoms with E-state index in [9.17, 15) is 5.11 Å². The van der Waals surface area contributed by atoms with Gasteiger partial charge in [-0.15, -0.1) is 0 Å². The first-order chi connectivity index (χ1) is 20.5. The number of anilines is 3. The Bertz CT molecular complexity index is 1550. The summed E-state index contributed by atoms with van der Waals surface area (Å²) in [5.74, 6) is 1.26. The van der Waals surface area contributed by atoms with Gasteiger partial charge in [0.15, 0.2) is 5.65 Å². The Morgan fingerprint density at radius 1 is 0.860 bits per heavy atom. The minimum Gasteiger partial charge on any atom is -0.384 e. The number of likely N-dealkylation sites (N-methyl/N-ethyl adjacent to an activating group) is 1. The lowest BCUT2D eigenvalue weighted by Gasteiger charge is -2.42. The predicted molar refractivity (Wildman–Crippen MR) is 175 cm³/mol. The minimum atomic E-state index is -1.05. The Labute approximate surface area is 255 Å². The number of benzene rings is 1. The number of rotatable bonds is 6. The molecule has 1 aromatic carbocycles. The first kappa shape index (κ1) is 29.5. The molecular weight excluding hydrogens is 536 g/mol. The van der Waals surface area contributed by atoms with Crippen molar-refractivity contribution in [2.75, 3.05) is 56.5 Å². The summed E-state index contributed by atoms with van der Waals surface area (Å²) in [4.78, 5) is 22.1. The lowest BCUT2D eigenvalue weighted by molar-refractivity contribution is 0.0738. The third-order valence-electron chi connectivity index (χ3n) is 8.91. The van der Waals surface area contributed by atoms with Gasteiger partial charge in [0.2, 0.25) is 5.95 Å². The monoisotopic (exact) mass is 582 g/mol. The van der Waals surface area contributed by atoms with Crippen LogP contribution in [0, 0.1) is 0 Å². The lowest BCUT2D eigenvalue weighted by atomic mass is 9.92. The highest BCUT2D eigenvalue weighted by Crippen LogP contribution is 2.33. The van der Waals surface area contributed by atoms with E-state index in [4.69, 9.17) is 9.97 Å². The fourth-order valence-electron chi connectivity index (χ4n) is 6.28. The van der Waals surface area contributed by atoms with Gasteiger partial charge in [0.25, 0.3) is 0 Å². The second kappa shape index (κ2) is 11.5. The standard InChI is InChI=1S/C34H46N8O/c1-33(2,3)29-22-24-23-35-32(38-31(24)42(29)30-9-7-8-28(37-30)34(4,5)43)36-25-10-12-26(13-11-25)40-16-14-27(15-17-40)41-20-18-39(6)19-21-41/h7-13,22-23,27,43H,14-21H2,1-6H3,(H,35,36,38). The van der Waals surface area contributed by atoms with Crippen molar-refractivity contribution in [3.8, 4) is 5.82 Å². The molecule has 3 aromatic heterocycles. The van der Waals surface area contributed by atoms with Gasteiger partial charge in [-0.25, -0.2) is 9.97 Å². The molecule has 9 nitrogen and oxygen atoms in total. The summed E-state index contributed by atoms with van der Waals surface area (Å²) in [5.41, 5.74) is 3.48. The predicted octanol–water partition coefficient (Wildman–Crippen LogP) is 5.30. The molecule has 2 saturated heterocycles. The van der Waals surface area contributed by atoms with E-state index in [2.05, 4.69) is 87.7 Å². The van der Waals surface area contributed by atoms with Crippen molar-refractivity contribution in [3.05, 3.63) is 66.1 Å². The third-order valence-corrected chi connectivity index (χ3v) is 8.91. The summed E-state index contributed by atoms with van der Waals surface area (Å²) in [7, 11) is 2.22. The highest BCUT2D eigenvalue weighted by molar-refractivity contribution is 5.80. The van der Waals surface area contributed by atoms with Crippen molar-refractivity contribution >= 4 is 28.4 Å². The van der Waals surface area contributed by atoms with Gasteiger partial charge in [-0.3, -0.25) is 9.47 Å². The molecule has 4 aromatic rings. The van der Waals surface area contributed by atoms with Crippen molar-refractivity contribution in [3.63, 3.8) is 0 Å². The Hall–Kier alpha value is -3.53. The zero-order valence-corrected chi connectivity index (χ0v) is 26.5. The number of pyridine rings is 1. The van der Waals surface area contributed by atoms with Gasteiger partial charge in [-0.1, -0.05) is 26.8 Å². The maximum Gasteiger partial charge on any atom is 0.229 e. The van der Waals surface area contributed by atoms with E-state index < -0.39 is 5.60 Å². The highest BCUT2D eigenvalue weighted by atomic mass is 16.3. The molecule has 6 rings (SSSR count). The van der Waals surface area contributed by atoms with Crippen LogP contribution in [0.5, 0.6) is 0 Å². The maximum absolute atomic E-state index is 10.6. The van der Waals surface area contributed by atoms with E-state index in [1.165, 1.54) is 44.7 Å². The highest BCUT2D eigenvalue weighted by Gasteiger charge is 2.27. The molecule has 0 spiro atoms. The molecule has 0 bridgehead atoms. The summed E-state index contributed by atoms with van der Waals surface area (Å²) in [6.07, 6.45) is 4.32. The first-order valence-electron chi connectivity index (χ1n) is 15.6. The van der Waals surface area contributed by atoms with Crippen LogP contribution in [-0.2, 0) is 11.0 Å². The van der Waals surface area contributed by atoms with Gasteiger partial charge in [0.05, 0.1) is 5.69 Å². The van der Waals surface area contributed by atoms with E-state index in [1.54, 1.807) is 13.8 Å². The van der Waals surface area contributed by atoms with Gasteiger partial charge in [-0.05, 0) is 76.2 Å². The molecule has 0 aliphatic carbocycles. The largest absolute Gasteiger partial charge is 0.384 e. The van der Waals surface area contributed by atoms with Gasteiger partial charge in [-0.2, -0.15) is 4.98 Å². The van der Waals surface area contributed by atoms with Crippen LogP contribution in [0.2, 0.25) is 0 Å². The van der Waals surface area contributed by atoms with Crippen LogP contribution < -0.4 is 10.2 Å². The number of fused-ring (bicyclic) bond motifs is 1. The van der Waals surface area contributed by atoms with E-state index >= 15 is 0 Å². The molecule has 0 saturated carbocycles. The van der Waals surface area contributed by atoms with Crippen LogP contribution in [0.3, 0.4) is 0 Å². The Balaban J connectivity index is 1.20. The number of hydrogen-bond donors (Lipinski definition) is 2. The van der Waals surface area contributed by atoms with E-state index in [-0.39, 0.29) is 5.41 Å². The van der Waals surface area contributed by atoms with Crippen LogP contribution in [0.4, 0.5) is 17.3 Å². The van der Waals surface area contributed by atoms with Crippen molar-refractivity contribution in [2.24, 2.45) is 0 Å². The molecular formula is C34H46N8O. The van der Waals surface area contributed by atoms with Gasteiger partial charge < -0.3 is 20.2 Å². The summed E-state index contributed by atoms with van der Waals surface area (Å²) in [6.45, 7) is 17.0. The fourth-order valence-corrected chi connectivity index (χ4v) is 6.28. The summed E-state index contributed by atoms with van der Waals surface area (Å²) in [6, 6.07) is 17.2. The average molecular weight is 583 g/mol. The fraction of sp³-hybridized carbons (Fsp3) is 0.500. The normalized spacial score (nSPS) is 18.0. The van der Waals surface area contributed by atoms with E-state index in [1.807, 2.05) is 24.4 Å². The smallest absolute Gasteiger partial charge is 0.229 e. The molecule has 2 N–H and O–H groups in total. The molecule has 2 aliphatic rings. The summed E-state index contributed by atoms with van der Waals surface area (Å²) < 4.78 is 2.09. The number of piperazine rings is 1. The molecule has 0 radical (unpaired) electrons. The number of aliphatic hydroxyl groups is 1. The zero-order chi connectivity index (χ0) is 30.4. The molecule has 5 heterocycles. The number of nitrogens with zero attached hydrogens (tertiary/aromatic N) is 7. The second-order valence-corrected chi connectivity index (χ2v) is 13.8. The van der Waals surface area contributed by atoms with E-state index in [0.717, 1.165) is 41.3 Å². The van der Waals surface area contributed by atoms with Crippen molar-refractivity contribution in [1.82, 2.24) is 29.3 Å². The lowest BCUT2D eigenvalue weighted by Crippen LogP contribution is -2.52. The van der Waals surface area contributed by atoms with Crippen LogP contribution in [0.25, 0.3) is 16.9 Å². The Morgan fingerprint density at radius 3 is 2.21 bits per heavy atom. The van der Waals surface area contributed by atoms with Crippen LogP contribution in [0.1, 0.15) is 58.8 Å². The van der Waals surface area contributed by atoms with Gasteiger partial charge >= 0.3 is 0 Å². The molecule has 0 amide bonds. The van der Waals surface area contributed by atoms with Crippen molar-refractivity contribution < 1.29 is 5.11 Å². The third kappa shape index (κ3) is 6.39. The maximum atomic E-state index is 10.6. The quantitative estimate of drug-likeness (QED) is 0.317. The minimum absolute atomic E-state index is 0.157. The van der Waals surface area contributed by atoms with Crippen LogP contribution >= 0.6 is 0 Å². The van der Waals surface area contributed by atoms with Crippen LogP contribution in [0.15, 0.2) is 54.7 Å². The Kier molecular flexibility index (Phi) is 7.91. The molecule has 0 unspecified atom stereocenters. The van der Waals surface area contributed by atoms with Gasteiger partial charge in [0.1, 0.15) is 11.4 Å². The summed E-state index contributed by atoms with van der Waals surface area (Å²) in [5, 5.41) is 15.0. The van der Waals surface area contributed by atoms with Crippen molar-refractivity contribution in [2.45, 2.75) is 64.5 Å². The SMILES string of the molecule is CN1CCN(C2CCN(c3ccc(Nc4ncc5cc(C(C)(C)C)n(-c6cccc(C(C)(C)O)n6)c5n4)cc3)CC2)CC1. The van der Waals surface area contributed by atoms with Gasteiger partial charge in [0, 0.05) is 79.4 Å². The Morgan fingerprint density at radius 2 is 1.56 bits per heavy atom.